The van der Waals surface area contributed by atoms with Crippen LogP contribution in [0.25, 0.3) is 0 Å². The number of nitrogen functional groups attached to an aromatic ring is 1. The maximum absolute atomic E-state index is 11.7. The molecule has 0 aliphatic heterocycles. The first-order valence-corrected chi connectivity index (χ1v) is 4.74. The van der Waals surface area contributed by atoms with Crippen LogP contribution in [-0.4, -0.2) is 21.1 Å². The normalized spacial score (nSPS) is 11.5. The summed E-state index contributed by atoms with van der Waals surface area (Å²) < 4.78 is 6.83. The number of carbonyl (C=O) groups is 1. The number of hydrogen-bond acceptors (Lipinski definition) is 4. The molecule has 0 aliphatic carbocycles. The average molecular weight is 211 g/mol. The van der Waals surface area contributed by atoms with Crippen molar-refractivity contribution in [3.63, 3.8) is 0 Å². The van der Waals surface area contributed by atoms with Crippen molar-refractivity contribution in [2.24, 2.45) is 7.05 Å². The SMILES string of the molecule is Cc1nc(C(=O)OC(C)(C)C)c(N)n1C. The van der Waals surface area contributed by atoms with Gasteiger partial charge in [-0.25, -0.2) is 9.78 Å². The Labute approximate surface area is 89.2 Å². The summed E-state index contributed by atoms with van der Waals surface area (Å²) in [5.41, 5.74) is 5.38. The van der Waals surface area contributed by atoms with E-state index in [9.17, 15) is 4.79 Å². The smallest absolute Gasteiger partial charge is 0.361 e. The molecule has 1 aromatic rings. The number of hydrogen-bond donors (Lipinski definition) is 1. The molecule has 0 aromatic carbocycles. The van der Waals surface area contributed by atoms with Gasteiger partial charge >= 0.3 is 5.97 Å². The molecule has 0 radical (unpaired) electrons. The lowest BCUT2D eigenvalue weighted by molar-refractivity contribution is 0.00646. The molecule has 1 aromatic heterocycles. The Hall–Kier alpha value is -1.52. The fourth-order valence-corrected chi connectivity index (χ4v) is 1.10. The monoisotopic (exact) mass is 211 g/mol. The first-order valence-electron chi connectivity index (χ1n) is 4.74. The second-order valence-electron chi connectivity index (χ2n) is 4.45. The minimum absolute atomic E-state index is 0.185. The van der Waals surface area contributed by atoms with Crippen LogP contribution in [0.5, 0.6) is 0 Å². The number of nitrogens with two attached hydrogens (primary N) is 1. The molecular weight excluding hydrogens is 194 g/mol. The van der Waals surface area contributed by atoms with E-state index in [1.807, 2.05) is 0 Å². The third-order valence-electron chi connectivity index (χ3n) is 1.96. The molecule has 15 heavy (non-hydrogen) atoms. The van der Waals surface area contributed by atoms with Gasteiger partial charge in [-0.1, -0.05) is 0 Å². The number of nitrogens with zero attached hydrogens (tertiary/aromatic N) is 2. The molecule has 0 saturated heterocycles. The summed E-state index contributed by atoms with van der Waals surface area (Å²) in [6, 6.07) is 0. The van der Waals surface area contributed by atoms with E-state index in [4.69, 9.17) is 10.5 Å². The fraction of sp³-hybridized carbons (Fsp3) is 0.600. The molecule has 0 spiro atoms. The Kier molecular flexibility index (Phi) is 2.75. The lowest BCUT2D eigenvalue weighted by Gasteiger charge is -2.18. The van der Waals surface area contributed by atoms with Crippen molar-refractivity contribution in [2.75, 3.05) is 5.73 Å². The van der Waals surface area contributed by atoms with E-state index >= 15 is 0 Å². The topological polar surface area (TPSA) is 70.1 Å². The molecule has 0 bridgehead atoms. The Bertz CT molecular complexity index is 388. The Morgan fingerprint density at radius 2 is 2.00 bits per heavy atom. The Morgan fingerprint density at radius 3 is 2.33 bits per heavy atom. The molecule has 0 saturated carbocycles. The molecule has 0 atom stereocenters. The second kappa shape index (κ2) is 3.56. The highest BCUT2D eigenvalue weighted by Gasteiger charge is 2.23. The van der Waals surface area contributed by atoms with E-state index < -0.39 is 11.6 Å². The standard InChI is InChI=1S/C10H17N3O2/c1-6-12-7(8(11)13(6)5)9(14)15-10(2,3)4/h11H2,1-5H3. The number of aromatic nitrogens is 2. The summed E-state index contributed by atoms with van der Waals surface area (Å²) in [5.74, 6) is 0.541. The fourth-order valence-electron chi connectivity index (χ4n) is 1.10. The zero-order valence-corrected chi connectivity index (χ0v) is 9.79. The first-order chi connectivity index (χ1) is 6.72. The van der Waals surface area contributed by atoms with Gasteiger partial charge in [0.25, 0.3) is 0 Å². The lowest BCUT2D eigenvalue weighted by atomic mass is 10.2. The van der Waals surface area contributed by atoms with Crippen LogP contribution in [0, 0.1) is 6.92 Å². The van der Waals surface area contributed by atoms with Gasteiger partial charge in [0.2, 0.25) is 0 Å². The van der Waals surface area contributed by atoms with Gasteiger partial charge in [-0.15, -0.1) is 0 Å². The summed E-state index contributed by atoms with van der Waals surface area (Å²) in [4.78, 5) is 15.7. The van der Waals surface area contributed by atoms with Crippen molar-refractivity contribution >= 4 is 11.8 Å². The van der Waals surface area contributed by atoms with Crippen LogP contribution < -0.4 is 5.73 Å². The van der Waals surface area contributed by atoms with Gasteiger partial charge < -0.3 is 15.0 Å². The number of ether oxygens (including phenoxy) is 1. The molecule has 1 heterocycles. The van der Waals surface area contributed by atoms with Crippen LogP contribution in [0.3, 0.4) is 0 Å². The van der Waals surface area contributed by atoms with Crippen molar-refractivity contribution in [1.29, 1.82) is 0 Å². The molecule has 5 nitrogen and oxygen atoms in total. The first kappa shape index (κ1) is 11.6. The molecule has 0 unspecified atom stereocenters. The van der Waals surface area contributed by atoms with Crippen LogP contribution in [-0.2, 0) is 11.8 Å². The number of rotatable bonds is 1. The summed E-state index contributed by atoms with van der Waals surface area (Å²) in [6.07, 6.45) is 0. The summed E-state index contributed by atoms with van der Waals surface area (Å²) in [7, 11) is 1.76. The van der Waals surface area contributed by atoms with Crippen LogP contribution in [0.1, 0.15) is 37.1 Å². The molecule has 0 aliphatic rings. The largest absolute Gasteiger partial charge is 0.455 e. The van der Waals surface area contributed by atoms with Crippen molar-refractivity contribution in [3.05, 3.63) is 11.5 Å². The Balaban J connectivity index is 2.98. The summed E-state index contributed by atoms with van der Waals surface area (Å²) in [5, 5.41) is 0. The number of carbonyl (C=O) groups excluding carboxylic acids is 1. The Morgan fingerprint density at radius 1 is 1.47 bits per heavy atom. The third-order valence-corrected chi connectivity index (χ3v) is 1.96. The van der Waals surface area contributed by atoms with Crippen molar-refractivity contribution < 1.29 is 9.53 Å². The van der Waals surface area contributed by atoms with Crippen LogP contribution in [0.4, 0.5) is 5.82 Å². The van der Waals surface area contributed by atoms with Crippen molar-refractivity contribution in [1.82, 2.24) is 9.55 Å². The average Bonchev–Trinajstić information content (AvgIpc) is 2.30. The van der Waals surface area contributed by atoms with Gasteiger partial charge in [-0.05, 0) is 27.7 Å². The maximum Gasteiger partial charge on any atom is 0.361 e. The van der Waals surface area contributed by atoms with E-state index in [0.29, 0.717) is 11.6 Å². The second-order valence-corrected chi connectivity index (χ2v) is 4.45. The highest BCUT2D eigenvalue weighted by molar-refractivity contribution is 5.92. The highest BCUT2D eigenvalue weighted by Crippen LogP contribution is 2.17. The number of anilines is 1. The van der Waals surface area contributed by atoms with E-state index in [0.717, 1.165) is 0 Å². The summed E-state index contributed by atoms with van der Waals surface area (Å²) in [6.45, 7) is 7.19. The molecule has 1 rings (SSSR count). The van der Waals surface area contributed by atoms with Gasteiger partial charge in [0.1, 0.15) is 17.2 Å². The predicted molar refractivity (Wildman–Crippen MR) is 57.5 cm³/mol. The number of esters is 1. The number of aryl methyl sites for hydroxylation is 1. The maximum atomic E-state index is 11.7. The van der Waals surface area contributed by atoms with Gasteiger partial charge in [0.15, 0.2) is 5.69 Å². The van der Waals surface area contributed by atoms with Crippen molar-refractivity contribution in [3.8, 4) is 0 Å². The van der Waals surface area contributed by atoms with Gasteiger partial charge in [-0.3, -0.25) is 0 Å². The number of imidazole rings is 1. The van der Waals surface area contributed by atoms with Gasteiger partial charge in [-0.2, -0.15) is 0 Å². The van der Waals surface area contributed by atoms with Gasteiger partial charge in [0, 0.05) is 7.05 Å². The van der Waals surface area contributed by atoms with E-state index in [-0.39, 0.29) is 5.69 Å². The van der Waals surface area contributed by atoms with Crippen LogP contribution >= 0.6 is 0 Å². The zero-order valence-electron chi connectivity index (χ0n) is 9.79. The molecule has 2 N–H and O–H groups in total. The third kappa shape index (κ3) is 2.49. The van der Waals surface area contributed by atoms with Crippen LogP contribution in [0.2, 0.25) is 0 Å². The highest BCUT2D eigenvalue weighted by atomic mass is 16.6. The molecule has 5 heteroatoms. The minimum atomic E-state index is -0.533. The lowest BCUT2D eigenvalue weighted by Crippen LogP contribution is -2.24. The van der Waals surface area contributed by atoms with E-state index in [1.165, 1.54) is 0 Å². The molecular formula is C10H17N3O2. The molecule has 0 fully saturated rings. The quantitative estimate of drug-likeness (QED) is 0.710. The van der Waals surface area contributed by atoms with Crippen molar-refractivity contribution in [2.45, 2.75) is 33.3 Å². The van der Waals surface area contributed by atoms with Crippen LogP contribution in [0.15, 0.2) is 0 Å². The van der Waals surface area contributed by atoms with E-state index in [1.54, 1.807) is 39.3 Å². The predicted octanol–water partition coefficient (Wildman–Crippen LogP) is 1.27. The minimum Gasteiger partial charge on any atom is -0.455 e. The zero-order chi connectivity index (χ0) is 11.8. The van der Waals surface area contributed by atoms with Gasteiger partial charge in [0.05, 0.1) is 0 Å². The molecule has 84 valence electrons. The summed E-state index contributed by atoms with van der Waals surface area (Å²) >= 11 is 0. The molecule has 0 amide bonds. The van der Waals surface area contributed by atoms with E-state index in [2.05, 4.69) is 4.98 Å².